The van der Waals surface area contributed by atoms with Gasteiger partial charge in [0.1, 0.15) is 0 Å². The molecule has 1 aromatic carbocycles. The second kappa shape index (κ2) is 14.0. The minimum atomic E-state index is -4.31. The van der Waals surface area contributed by atoms with E-state index < -0.39 is 11.7 Å². The van der Waals surface area contributed by atoms with Gasteiger partial charge in [0.15, 0.2) is 5.96 Å². The molecule has 0 bridgehead atoms. The summed E-state index contributed by atoms with van der Waals surface area (Å²) in [6.45, 7) is 3.10. The molecule has 1 aromatic rings. The summed E-state index contributed by atoms with van der Waals surface area (Å²) in [6, 6.07) is 5.18. The van der Waals surface area contributed by atoms with Gasteiger partial charge in [-0.2, -0.15) is 13.2 Å². The fourth-order valence-corrected chi connectivity index (χ4v) is 2.31. The van der Waals surface area contributed by atoms with E-state index >= 15 is 0 Å². The van der Waals surface area contributed by atoms with Gasteiger partial charge >= 0.3 is 6.18 Å². The number of guanidine groups is 1. The van der Waals surface area contributed by atoms with E-state index in [4.69, 9.17) is 9.47 Å². The number of aliphatic imine (C=N–C) groups is 1. The Hall–Kier alpha value is -1.07. The lowest BCUT2D eigenvalue weighted by atomic mass is 10.1. The molecule has 1 rings (SSSR count). The average molecular weight is 503 g/mol. The molecular formula is C18H29F3IN3O2. The van der Waals surface area contributed by atoms with E-state index in [9.17, 15) is 13.2 Å². The van der Waals surface area contributed by atoms with Crippen LogP contribution in [0.15, 0.2) is 29.3 Å². The summed E-state index contributed by atoms with van der Waals surface area (Å²) in [5, 5.41) is 3.24. The van der Waals surface area contributed by atoms with Crippen LogP contribution in [0.2, 0.25) is 0 Å². The van der Waals surface area contributed by atoms with Crippen LogP contribution < -0.4 is 5.32 Å². The molecule has 156 valence electrons. The van der Waals surface area contributed by atoms with Crippen molar-refractivity contribution in [2.24, 2.45) is 4.99 Å². The average Bonchev–Trinajstić information content (AvgIpc) is 2.60. The molecule has 9 heteroatoms. The second-order valence-corrected chi connectivity index (χ2v) is 5.84. The third-order valence-electron chi connectivity index (χ3n) is 3.70. The third kappa shape index (κ3) is 10.7. The van der Waals surface area contributed by atoms with Gasteiger partial charge in [-0.25, -0.2) is 0 Å². The molecule has 0 atom stereocenters. The molecule has 0 aliphatic heterocycles. The maximum Gasteiger partial charge on any atom is 0.416 e. The van der Waals surface area contributed by atoms with Crippen LogP contribution in [0.25, 0.3) is 0 Å². The number of ether oxygens (including phenoxy) is 2. The van der Waals surface area contributed by atoms with Crippen LogP contribution in [0.3, 0.4) is 0 Å². The normalized spacial score (nSPS) is 11.9. The summed E-state index contributed by atoms with van der Waals surface area (Å²) < 4.78 is 48.1. The molecule has 0 aliphatic rings. The standard InChI is InChI=1S/C18H28F3N3O2.HI/c1-22-17(23-10-4-5-11-26-13-12-25-3)24(2)14-15-6-8-16(9-7-15)18(19,20)21;/h6-9H,4-5,10-14H2,1-3H3,(H,22,23);1H. The first-order valence-electron chi connectivity index (χ1n) is 8.53. The lowest BCUT2D eigenvalue weighted by Gasteiger charge is -2.22. The van der Waals surface area contributed by atoms with Crippen LogP contribution in [0, 0.1) is 0 Å². The van der Waals surface area contributed by atoms with E-state index in [2.05, 4.69) is 10.3 Å². The highest BCUT2D eigenvalue weighted by atomic mass is 127. The number of hydrogen-bond donors (Lipinski definition) is 1. The van der Waals surface area contributed by atoms with Crippen LogP contribution in [-0.2, 0) is 22.2 Å². The summed E-state index contributed by atoms with van der Waals surface area (Å²) in [5.41, 5.74) is 0.147. The molecule has 0 aliphatic carbocycles. The van der Waals surface area contributed by atoms with Crippen molar-refractivity contribution in [1.29, 1.82) is 0 Å². The Balaban J connectivity index is 0.00000676. The minimum absolute atomic E-state index is 0. The Labute approximate surface area is 176 Å². The van der Waals surface area contributed by atoms with Crippen molar-refractivity contribution in [3.63, 3.8) is 0 Å². The van der Waals surface area contributed by atoms with E-state index in [-0.39, 0.29) is 24.0 Å². The number of alkyl halides is 3. The zero-order chi connectivity index (χ0) is 19.4. The topological polar surface area (TPSA) is 46.1 Å². The van der Waals surface area contributed by atoms with E-state index in [1.54, 1.807) is 14.2 Å². The predicted molar refractivity (Wildman–Crippen MR) is 112 cm³/mol. The SMILES string of the molecule is CN=C(NCCCCOCCOC)N(C)Cc1ccc(C(F)(F)F)cc1.I. The summed E-state index contributed by atoms with van der Waals surface area (Å²) in [7, 11) is 5.17. The first kappa shape index (κ1) is 25.9. The van der Waals surface area contributed by atoms with Crippen molar-refractivity contribution in [2.45, 2.75) is 25.6 Å². The number of methoxy groups -OCH3 is 1. The summed E-state index contributed by atoms with van der Waals surface area (Å²) in [5.74, 6) is 0.699. The Morgan fingerprint density at radius 2 is 1.78 bits per heavy atom. The van der Waals surface area contributed by atoms with Gasteiger partial charge in [0.25, 0.3) is 0 Å². The van der Waals surface area contributed by atoms with Crippen molar-refractivity contribution >= 4 is 29.9 Å². The fourth-order valence-electron chi connectivity index (χ4n) is 2.31. The smallest absolute Gasteiger partial charge is 0.382 e. The Morgan fingerprint density at radius 1 is 1.11 bits per heavy atom. The van der Waals surface area contributed by atoms with Crippen LogP contribution >= 0.6 is 24.0 Å². The van der Waals surface area contributed by atoms with Crippen molar-refractivity contribution in [1.82, 2.24) is 10.2 Å². The summed E-state index contributed by atoms with van der Waals surface area (Å²) >= 11 is 0. The molecule has 0 saturated carbocycles. The molecule has 0 saturated heterocycles. The van der Waals surface area contributed by atoms with Gasteiger partial charge in [-0.1, -0.05) is 12.1 Å². The Morgan fingerprint density at radius 3 is 2.33 bits per heavy atom. The van der Waals surface area contributed by atoms with Crippen LogP contribution in [0.1, 0.15) is 24.0 Å². The van der Waals surface area contributed by atoms with Crippen LogP contribution in [0.5, 0.6) is 0 Å². The van der Waals surface area contributed by atoms with Crippen molar-refractivity contribution in [3.8, 4) is 0 Å². The molecule has 0 spiro atoms. The molecule has 0 unspecified atom stereocenters. The lowest BCUT2D eigenvalue weighted by Crippen LogP contribution is -2.38. The molecule has 0 heterocycles. The number of nitrogens with one attached hydrogen (secondary N) is 1. The summed E-state index contributed by atoms with van der Waals surface area (Å²) in [4.78, 5) is 6.08. The monoisotopic (exact) mass is 503 g/mol. The molecule has 1 N–H and O–H groups in total. The molecule has 0 radical (unpaired) electrons. The molecule has 5 nitrogen and oxygen atoms in total. The molecule has 0 amide bonds. The number of halogens is 4. The quantitative estimate of drug-likeness (QED) is 0.229. The van der Waals surface area contributed by atoms with Crippen molar-refractivity contribution < 1.29 is 22.6 Å². The number of unbranched alkanes of at least 4 members (excludes halogenated alkanes) is 1. The highest BCUT2D eigenvalue weighted by Gasteiger charge is 2.29. The third-order valence-corrected chi connectivity index (χ3v) is 3.70. The zero-order valence-electron chi connectivity index (χ0n) is 16.0. The van der Waals surface area contributed by atoms with Crippen molar-refractivity contribution in [3.05, 3.63) is 35.4 Å². The predicted octanol–water partition coefficient (Wildman–Crippen LogP) is 3.77. The number of benzene rings is 1. The Bertz CT molecular complexity index is 540. The van der Waals surface area contributed by atoms with Gasteiger partial charge in [0.2, 0.25) is 0 Å². The largest absolute Gasteiger partial charge is 0.416 e. The number of nitrogens with zero attached hydrogens (tertiary/aromatic N) is 2. The van der Waals surface area contributed by atoms with E-state index in [0.29, 0.717) is 32.3 Å². The van der Waals surface area contributed by atoms with Gasteiger partial charge in [0.05, 0.1) is 18.8 Å². The molecule has 0 aromatic heterocycles. The van der Waals surface area contributed by atoms with E-state index in [0.717, 1.165) is 37.1 Å². The minimum Gasteiger partial charge on any atom is -0.382 e. The summed E-state index contributed by atoms with van der Waals surface area (Å²) in [6.07, 6.45) is -2.45. The number of rotatable bonds is 10. The zero-order valence-corrected chi connectivity index (χ0v) is 18.3. The van der Waals surface area contributed by atoms with Gasteiger partial charge in [0, 0.05) is 40.9 Å². The molecular weight excluding hydrogens is 474 g/mol. The van der Waals surface area contributed by atoms with Gasteiger partial charge in [-0.05, 0) is 30.5 Å². The van der Waals surface area contributed by atoms with Crippen molar-refractivity contribution in [2.75, 3.05) is 47.6 Å². The highest BCUT2D eigenvalue weighted by Crippen LogP contribution is 2.29. The van der Waals surface area contributed by atoms with Gasteiger partial charge in [-0.15, -0.1) is 24.0 Å². The highest BCUT2D eigenvalue weighted by molar-refractivity contribution is 14.0. The lowest BCUT2D eigenvalue weighted by molar-refractivity contribution is -0.137. The Kier molecular flexibility index (Phi) is 13.4. The molecule has 27 heavy (non-hydrogen) atoms. The second-order valence-electron chi connectivity index (χ2n) is 5.84. The maximum atomic E-state index is 12.6. The van der Waals surface area contributed by atoms with Gasteiger partial charge in [-0.3, -0.25) is 4.99 Å². The van der Waals surface area contributed by atoms with Crippen LogP contribution in [-0.4, -0.2) is 58.4 Å². The van der Waals surface area contributed by atoms with E-state index in [1.165, 1.54) is 12.1 Å². The van der Waals surface area contributed by atoms with Gasteiger partial charge < -0.3 is 19.7 Å². The maximum absolute atomic E-state index is 12.6. The first-order valence-corrected chi connectivity index (χ1v) is 8.53. The first-order chi connectivity index (χ1) is 12.4. The van der Waals surface area contributed by atoms with E-state index in [1.807, 2.05) is 11.9 Å². The number of hydrogen-bond acceptors (Lipinski definition) is 3. The molecule has 0 fully saturated rings. The fraction of sp³-hybridized carbons (Fsp3) is 0.611. The van der Waals surface area contributed by atoms with Crippen LogP contribution in [0.4, 0.5) is 13.2 Å².